The summed E-state index contributed by atoms with van der Waals surface area (Å²) in [6.45, 7) is 6.37. The van der Waals surface area contributed by atoms with Crippen molar-refractivity contribution in [2.75, 3.05) is 25.2 Å². The minimum atomic E-state index is -2.96. The Kier molecular flexibility index (Phi) is 9.33. The van der Waals surface area contributed by atoms with Gasteiger partial charge in [0.15, 0.2) is 13.9 Å². The average molecular weight is 715 g/mol. The number of carbonyl (C=O) groups excluding carboxylic acids is 2. The summed E-state index contributed by atoms with van der Waals surface area (Å²) in [7, 11) is -1.37. The van der Waals surface area contributed by atoms with Crippen molar-refractivity contribution in [3.05, 3.63) is 93.1 Å². The Morgan fingerprint density at radius 3 is 2.42 bits per heavy atom. The highest BCUT2D eigenvalue weighted by molar-refractivity contribution is 14.1. The van der Waals surface area contributed by atoms with Gasteiger partial charge in [-0.3, -0.25) is 9.59 Å². The molecule has 2 aliphatic heterocycles. The van der Waals surface area contributed by atoms with Gasteiger partial charge in [0.1, 0.15) is 5.75 Å². The molecule has 1 saturated heterocycles. The summed E-state index contributed by atoms with van der Waals surface area (Å²) >= 11 is 2.26. The van der Waals surface area contributed by atoms with E-state index in [4.69, 9.17) is 9.47 Å². The molecule has 2 N–H and O–H groups in total. The maximum Gasteiger partial charge on any atom is 0.264 e. The van der Waals surface area contributed by atoms with Gasteiger partial charge in [0.25, 0.3) is 5.91 Å². The van der Waals surface area contributed by atoms with Gasteiger partial charge < -0.3 is 29.2 Å². The molecule has 0 unspecified atom stereocenters. The Hall–Kier alpha value is -2.77. The average Bonchev–Trinajstić information content (AvgIpc) is 3.40. The number of amides is 2. The number of methoxy groups -OCH3 is 1. The predicted molar refractivity (Wildman–Crippen MR) is 176 cm³/mol. The fourth-order valence-corrected chi connectivity index (χ4v) is 9.74. The highest BCUT2D eigenvalue weighted by Gasteiger charge is 2.66. The van der Waals surface area contributed by atoms with Crippen molar-refractivity contribution >= 4 is 48.4 Å². The summed E-state index contributed by atoms with van der Waals surface area (Å²) in [4.78, 5) is 43.4. The van der Waals surface area contributed by atoms with E-state index >= 15 is 0 Å². The number of anilines is 1. The zero-order valence-corrected chi connectivity index (χ0v) is 28.2. The normalized spacial score (nSPS) is 23.1. The van der Waals surface area contributed by atoms with Crippen LogP contribution < -0.4 is 9.64 Å². The second-order valence-corrected chi connectivity index (χ2v) is 17.2. The van der Waals surface area contributed by atoms with Crippen LogP contribution in [-0.2, 0) is 33.0 Å². The van der Waals surface area contributed by atoms with Crippen LogP contribution in [0, 0.1) is 9.49 Å². The second kappa shape index (κ2) is 12.7. The zero-order valence-electron chi connectivity index (χ0n) is 25.0. The molecule has 4 atom stereocenters. The number of hydrogen-bond donors (Lipinski definition) is 2. The Labute approximate surface area is 267 Å². The van der Waals surface area contributed by atoms with E-state index in [1.54, 1.807) is 16.9 Å². The van der Waals surface area contributed by atoms with Gasteiger partial charge in [-0.15, -0.1) is 0 Å². The number of rotatable bonds is 10. The number of nitrogens with zero attached hydrogens (tertiary/aromatic N) is 2. The molecule has 5 rings (SSSR count). The monoisotopic (exact) mass is 714 g/mol. The van der Waals surface area contributed by atoms with Gasteiger partial charge in [-0.1, -0.05) is 49.4 Å². The largest absolute Gasteiger partial charge is 0.497 e. The van der Waals surface area contributed by atoms with Gasteiger partial charge in [0, 0.05) is 33.7 Å². The first-order valence-corrected chi connectivity index (χ1v) is 18.7. The maximum atomic E-state index is 14.6. The molecule has 0 bridgehead atoms. The highest BCUT2D eigenvalue weighted by atomic mass is 127. The Morgan fingerprint density at radius 2 is 1.79 bits per heavy atom. The Bertz CT molecular complexity index is 1460. The van der Waals surface area contributed by atoms with Crippen molar-refractivity contribution < 1.29 is 29.0 Å². The lowest BCUT2D eigenvalue weighted by Crippen LogP contribution is -2.46. The molecular weight excluding hydrogens is 675 g/mol. The van der Waals surface area contributed by atoms with Gasteiger partial charge in [0.2, 0.25) is 5.91 Å². The molecule has 43 heavy (non-hydrogen) atoms. The van der Waals surface area contributed by atoms with Gasteiger partial charge in [0.05, 0.1) is 38.5 Å². The summed E-state index contributed by atoms with van der Waals surface area (Å²) < 4.78 is 13.5. The molecular formula is C33H39IN2O6Si. The van der Waals surface area contributed by atoms with Crippen LogP contribution in [0.3, 0.4) is 0 Å². The predicted octanol–water partition coefficient (Wildman–Crippen LogP) is 5.06. The summed E-state index contributed by atoms with van der Waals surface area (Å²) in [6.07, 6.45) is -0.697. The van der Waals surface area contributed by atoms with Crippen molar-refractivity contribution in [1.82, 2.24) is 4.90 Å². The number of hydrogen-bond acceptors (Lipinski definition) is 6. The van der Waals surface area contributed by atoms with Gasteiger partial charge >= 0.3 is 0 Å². The van der Waals surface area contributed by atoms with E-state index in [1.807, 2.05) is 92.8 Å². The van der Waals surface area contributed by atoms with Crippen molar-refractivity contribution in [3.63, 3.8) is 0 Å². The SMILES string of the molecule is COc1ccc2c(c1)[C@]1(O[C@@H](CC(=O)N(CCO)Cc3ccccc3)[C@H]([Si](C)(C)O)[C@H]1C)C(=O)N2Cc1ccc(I)cc1. The Balaban J connectivity index is 1.52. The van der Waals surface area contributed by atoms with Crippen LogP contribution in [0.4, 0.5) is 5.69 Å². The Morgan fingerprint density at radius 1 is 1.09 bits per heavy atom. The first-order chi connectivity index (χ1) is 20.5. The molecule has 2 aliphatic rings. The molecule has 2 heterocycles. The van der Waals surface area contributed by atoms with Crippen molar-refractivity contribution in [1.29, 1.82) is 0 Å². The van der Waals surface area contributed by atoms with E-state index in [0.29, 0.717) is 24.4 Å². The molecule has 0 radical (unpaired) electrons. The van der Waals surface area contributed by atoms with Crippen LogP contribution in [0.1, 0.15) is 30.0 Å². The smallest absolute Gasteiger partial charge is 0.264 e. The summed E-state index contributed by atoms with van der Waals surface area (Å²) in [5.41, 5.74) is 1.60. The third-order valence-electron chi connectivity index (χ3n) is 8.76. The number of aliphatic hydroxyl groups is 1. The lowest BCUT2D eigenvalue weighted by molar-refractivity contribution is -0.150. The van der Waals surface area contributed by atoms with Gasteiger partial charge in [-0.2, -0.15) is 0 Å². The van der Waals surface area contributed by atoms with Crippen molar-refractivity contribution in [2.24, 2.45) is 5.92 Å². The van der Waals surface area contributed by atoms with Gasteiger partial charge in [-0.25, -0.2) is 0 Å². The quantitative estimate of drug-likeness (QED) is 0.225. The fourth-order valence-electron chi connectivity index (χ4n) is 6.83. The van der Waals surface area contributed by atoms with Crippen LogP contribution >= 0.6 is 22.6 Å². The first-order valence-electron chi connectivity index (χ1n) is 14.6. The lowest BCUT2D eigenvalue weighted by Gasteiger charge is -2.32. The molecule has 228 valence electrons. The first kappa shape index (κ1) is 31.6. The van der Waals surface area contributed by atoms with Crippen LogP contribution in [0.2, 0.25) is 18.6 Å². The number of carbonyl (C=O) groups is 2. The number of benzene rings is 3. The van der Waals surface area contributed by atoms with Crippen LogP contribution in [0.15, 0.2) is 72.8 Å². The number of aliphatic hydroxyl groups excluding tert-OH is 1. The molecule has 8 nitrogen and oxygen atoms in total. The molecule has 1 spiro atoms. The van der Waals surface area contributed by atoms with E-state index in [9.17, 15) is 19.5 Å². The minimum absolute atomic E-state index is 0.00964. The van der Waals surface area contributed by atoms with Gasteiger partial charge in [-0.05, 0) is 77.1 Å². The van der Waals surface area contributed by atoms with Crippen molar-refractivity contribution in [3.8, 4) is 5.75 Å². The topological polar surface area (TPSA) is 99.5 Å². The fraction of sp³-hybridized carbons (Fsp3) is 0.394. The summed E-state index contributed by atoms with van der Waals surface area (Å²) in [5.74, 6) is -0.192. The molecule has 10 heteroatoms. The number of halogens is 1. The minimum Gasteiger partial charge on any atom is -0.497 e. The lowest BCUT2D eigenvalue weighted by atomic mass is 9.82. The number of ether oxygens (including phenoxy) is 2. The van der Waals surface area contributed by atoms with Crippen LogP contribution in [0.5, 0.6) is 5.75 Å². The van der Waals surface area contributed by atoms with Crippen LogP contribution in [-0.4, -0.2) is 61.3 Å². The van der Waals surface area contributed by atoms with E-state index in [2.05, 4.69) is 22.6 Å². The third kappa shape index (κ3) is 6.12. The summed E-state index contributed by atoms with van der Waals surface area (Å²) in [5, 5.41) is 9.75. The maximum absolute atomic E-state index is 14.6. The van der Waals surface area contributed by atoms with Crippen LogP contribution in [0.25, 0.3) is 0 Å². The standard InChI is InChI=1S/C33H39IN2O6Si/c1-22-31(43(3,4)40)29(19-30(38)35(16-17-37)20-23-8-6-5-7-9-23)42-33(22)27-18-26(41-2)14-15-28(27)36(32(33)39)21-24-10-12-25(34)13-11-24/h5-15,18,22,29,31,37,40H,16-17,19-21H2,1-4H3/t22-,29+,31-,33+/m1/s1. The molecule has 1 fully saturated rings. The highest BCUT2D eigenvalue weighted by Crippen LogP contribution is 2.60. The third-order valence-corrected chi connectivity index (χ3v) is 12.0. The van der Waals surface area contributed by atoms with E-state index < -0.39 is 31.5 Å². The second-order valence-electron chi connectivity index (χ2n) is 12.0. The number of fused-ring (bicyclic) bond motifs is 2. The van der Waals surface area contributed by atoms with E-state index in [1.165, 1.54) is 0 Å². The zero-order chi connectivity index (χ0) is 30.9. The molecule has 0 aliphatic carbocycles. The van der Waals surface area contributed by atoms with E-state index in [0.717, 1.165) is 20.4 Å². The molecule has 3 aromatic carbocycles. The molecule has 2 amide bonds. The van der Waals surface area contributed by atoms with Crippen molar-refractivity contribution in [2.45, 2.75) is 56.8 Å². The molecule has 0 aromatic heterocycles. The van der Waals surface area contributed by atoms with E-state index in [-0.39, 0.29) is 31.4 Å². The molecule has 0 saturated carbocycles. The molecule has 3 aromatic rings. The summed E-state index contributed by atoms with van der Waals surface area (Å²) in [6, 6.07) is 23.3.